The Morgan fingerprint density at radius 3 is 2.21 bits per heavy atom. The molecule has 2 aromatic rings. The minimum atomic E-state index is 0.0239. The number of hydrogen-bond donors (Lipinski definition) is 0. The van der Waals surface area contributed by atoms with Gasteiger partial charge in [-0.1, -0.05) is 20.8 Å². The van der Waals surface area contributed by atoms with E-state index in [0.717, 1.165) is 11.3 Å². The van der Waals surface area contributed by atoms with Crippen LogP contribution < -0.4 is 0 Å². The van der Waals surface area contributed by atoms with Crippen LogP contribution >= 0.6 is 0 Å². The van der Waals surface area contributed by atoms with Crippen LogP contribution in [0.15, 0.2) is 30.9 Å². The summed E-state index contributed by atoms with van der Waals surface area (Å²) in [6.07, 6.45) is 5.62. The molecule has 0 N–H and O–H groups in total. The van der Waals surface area contributed by atoms with Crippen LogP contribution in [0.5, 0.6) is 0 Å². The Kier molecular flexibility index (Phi) is 3.25. The van der Waals surface area contributed by atoms with Crippen molar-refractivity contribution in [3.05, 3.63) is 36.5 Å². The van der Waals surface area contributed by atoms with Crippen molar-refractivity contribution in [3.63, 3.8) is 0 Å². The molecular formula is C16H23N3. The Morgan fingerprint density at radius 1 is 1.05 bits per heavy atom. The first kappa shape index (κ1) is 13.8. The average molecular weight is 257 g/mol. The van der Waals surface area contributed by atoms with Gasteiger partial charge in [0.15, 0.2) is 0 Å². The topological polar surface area (TPSA) is 30.7 Å². The molecule has 0 fully saturated rings. The van der Waals surface area contributed by atoms with Crippen LogP contribution in [0.1, 0.15) is 47.2 Å². The number of aromatic nitrogens is 3. The first-order chi connectivity index (χ1) is 8.71. The molecule has 0 bridgehead atoms. The Bertz CT molecular complexity index is 554. The first-order valence-electron chi connectivity index (χ1n) is 6.70. The van der Waals surface area contributed by atoms with Crippen molar-refractivity contribution in [1.82, 2.24) is 14.5 Å². The minimum absolute atomic E-state index is 0.0239. The molecule has 2 heterocycles. The van der Waals surface area contributed by atoms with Gasteiger partial charge in [0.2, 0.25) is 0 Å². The van der Waals surface area contributed by atoms with Gasteiger partial charge in [-0.05, 0) is 32.9 Å². The number of rotatable bonds is 1. The molecule has 0 aliphatic heterocycles. The molecule has 0 radical (unpaired) electrons. The summed E-state index contributed by atoms with van der Waals surface area (Å²) in [5.41, 5.74) is 3.43. The van der Waals surface area contributed by atoms with Crippen LogP contribution in [0, 0.1) is 0 Å². The van der Waals surface area contributed by atoms with Crippen LogP contribution in [0.3, 0.4) is 0 Å². The SMILES string of the molecule is CC(C)(C)c1c(-c2cccnc2)ncn1C(C)(C)C. The van der Waals surface area contributed by atoms with E-state index in [0.29, 0.717) is 0 Å². The Morgan fingerprint density at radius 2 is 1.74 bits per heavy atom. The van der Waals surface area contributed by atoms with Crippen molar-refractivity contribution in [2.45, 2.75) is 52.5 Å². The standard InChI is InChI=1S/C16H23N3/c1-15(2,3)14-13(12-8-7-9-17-10-12)18-11-19(14)16(4,5)6/h7-11H,1-6H3. The summed E-state index contributed by atoms with van der Waals surface area (Å²) >= 11 is 0. The molecule has 0 saturated carbocycles. The van der Waals surface area contributed by atoms with E-state index in [1.54, 1.807) is 6.20 Å². The molecule has 0 saturated heterocycles. The lowest BCUT2D eigenvalue weighted by atomic mass is 9.87. The Labute approximate surface area is 115 Å². The number of hydrogen-bond acceptors (Lipinski definition) is 2. The molecule has 2 aromatic heterocycles. The maximum Gasteiger partial charge on any atom is 0.0961 e. The van der Waals surface area contributed by atoms with Crippen molar-refractivity contribution in [1.29, 1.82) is 0 Å². The van der Waals surface area contributed by atoms with E-state index < -0.39 is 0 Å². The van der Waals surface area contributed by atoms with Crippen LogP contribution in [-0.2, 0) is 11.0 Å². The van der Waals surface area contributed by atoms with Crippen molar-refractivity contribution in [3.8, 4) is 11.3 Å². The quantitative estimate of drug-likeness (QED) is 0.773. The summed E-state index contributed by atoms with van der Waals surface area (Å²) in [6.45, 7) is 13.3. The number of imidazole rings is 1. The summed E-state index contributed by atoms with van der Waals surface area (Å²) in [5.74, 6) is 0. The fourth-order valence-electron chi connectivity index (χ4n) is 2.29. The van der Waals surface area contributed by atoms with Crippen LogP contribution in [0.4, 0.5) is 0 Å². The molecule has 19 heavy (non-hydrogen) atoms. The van der Waals surface area contributed by atoms with Gasteiger partial charge in [-0.25, -0.2) is 4.98 Å². The Balaban J connectivity index is 2.68. The highest BCUT2D eigenvalue weighted by Crippen LogP contribution is 2.34. The fraction of sp³-hybridized carbons (Fsp3) is 0.500. The van der Waals surface area contributed by atoms with E-state index in [1.165, 1.54) is 5.69 Å². The van der Waals surface area contributed by atoms with Gasteiger partial charge in [0, 0.05) is 28.9 Å². The first-order valence-corrected chi connectivity index (χ1v) is 6.70. The predicted octanol–water partition coefficient (Wildman–Crippen LogP) is 4.00. The van der Waals surface area contributed by atoms with E-state index in [-0.39, 0.29) is 11.0 Å². The molecule has 0 aliphatic carbocycles. The second-order valence-electron chi connectivity index (χ2n) is 6.97. The lowest BCUT2D eigenvalue weighted by Crippen LogP contribution is -2.28. The summed E-state index contributed by atoms with van der Waals surface area (Å²) in [5, 5.41) is 0. The van der Waals surface area contributed by atoms with Gasteiger partial charge >= 0.3 is 0 Å². The molecule has 0 aromatic carbocycles. The van der Waals surface area contributed by atoms with E-state index in [1.807, 2.05) is 18.6 Å². The maximum absolute atomic E-state index is 4.64. The molecule has 102 valence electrons. The second kappa shape index (κ2) is 4.48. The van der Waals surface area contributed by atoms with Gasteiger partial charge in [0.25, 0.3) is 0 Å². The average Bonchev–Trinajstić information content (AvgIpc) is 2.74. The lowest BCUT2D eigenvalue weighted by molar-refractivity contribution is 0.360. The summed E-state index contributed by atoms with van der Waals surface area (Å²) < 4.78 is 2.27. The predicted molar refractivity (Wildman–Crippen MR) is 79.2 cm³/mol. The highest BCUT2D eigenvalue weighted by atomic mass is 15.1. The number of nitrogens with zero attached hydrogens (tertiary/aromatic N) is 3. The van der Waals surface area contributed by atoms with Gasteiger partial charge in [0.05, 0.1) is 17.7 Å². The minimum Gasteiger partial charge on any atom is -0.328 e. The van der Waals surface area contributed by atoms with Crippen LogP contribution in [-0.4, -0.2) is 14.5 Å². The summed E-state index contributed by atoms with van der Waals surface area (Å²) in [6, 6.07) is 4.02. The smallest absolute Gasteiger partial charge is 0.0961 e. The molecule has 0 unspecified atom stereocenters. The van der Waals surface area contributed by atoms with Gasteiger partial charge in [0.1, 0.15) is 0 Å². The molecule has 3 heteroatoms. The van der Waals surface area contributed by atoms with Crippen molar-refractivity contribution in [2.75, 3.05) is 0 Å². The monoisotopic (exact) mass is 257 g/mol. The summed E-state index contributed by atoms with van der Waals surface area (Å²) in [4.78, 5) is 8.85. The normalized spacial score (nSPS) is 12.7. The fourth-order valence-corrected chi connectivity index (χ4v) is 2.29. The van der Waals surface area contributed by atoms with Gasteiger partial charge in [-0.2, -0.15) is 0 Å². The zero-order chi connectivity index (χ0) is 14.3. The third-order valence-corrected chi connectivity index (χ3v) is 3.14. The molecule has 0 atom stereocenters. The number of pyridine rings is 1. The van der Waals surface area contributed by atoms with E-state index in [2.05, 4.69) is 62.1 Å². The van der Waals surface area contributed by atoms with E-state index >= 15 is 0 Å². The summed E-state index contributed by atoms with van der Waals surface area (Å²) in [7, 11) is 0. The van der Waals surface area contributed by atoms with Crippen molar-refractivity contribution < 1.29 is 0 Å². The van der Waals surface area contributed by atoms with E-state index in [9.17, 15) is 0 Å². The van der Waals surface area contributed by atoms with Gasteiger partial charge in [-0.3, -0.25) is 4.98 Å². The molecular weight excluding hydrogens is 234 g/mol. The third kappa shape index (κ3) is 2.70. The van der Waals surface area contributed by atoms with Gasteiger partial charge in [-0.15, -0.1) is 0 Å². The highest BCUT2D eigenvalue weighted by Gasteiger charge is 2.29. The van der Waals surface area contributed by atoms with Gasteiger partial charge < -0.3 is 4.57 Å². The van der Waals surface area contributed by atoms with Crippen molar-refractivity contribution >= 4 is 0 Å². The third-order valence-electron chi connectivity index (χ3n) is 3.14. The lowest BCUT2D eigenvalue weighted by Gasteiger charge is -2.30. The second-order valence-corrected chi connectivity index (χ2v) is 6.97. The molecule has 3 nitrogen and oxygen atoms in total. The Hall–Kier alpha value is -1.64. The molecule has 0 aliphatic rings. The van der Waals surface area contributed by atoms with Crippen molar-refractivity contribution in [2.24, 2.45) is 0 Å². The highest BCUT2D eigenvalue weighted by molar-refractivity contribution is 5.62. The zero-order valence-electron chi connectivity index (χ0n) is 12.7. The van der Waals surface area contributed by atoms with E-state index in [4.69, 9.17) is 0 Å². The van der Waals surface area contributed by atoms with Crippen LogP contribution in [0.25, 0.3) is 11.3 Å². The molecule has 2 rings (SSSR count). The zero-order valence-corrected chi connectivity index (χ0v) is 12.7. The largest absolute Gasteiger partial charge is 0.328 e. The molecule has 0 spiro atoms. The molecule has 0 amide bonds. The maximum atomic E-state index is 4.64. The van der Waals surface area contributed by atoms with Crippen LogP contribution in [0.2, 0.25) is 0 Å².